The third-order valence-corrected chi connectivity index (χ3v) is 6.84. The van der Waals surface area contributed by atoms with Crippen molar-refractivity contribution in [2.75, 3.05) is 18.1 Å². The van der Waals surface area contributed by atoms with Crippen molar-refractivity contribution in [2.45, 2.75) is 39.3 Å². The predicted octanol–water partition coefficient (Wildman–Crippen LogP) is 1.95. The molecular formula is C14H22ClN3O2S. The Labute approximate surface area is 131 Å². The van der Waals surface area contributed by atoms with Crippen LogP contribution in [0.25, 0.3) is 0 Å². The first kappa shape index (κ1) is 15.3. The summed E-state index contributed by atoms with van der Waals surface area (Å²) in [6, 6.07) is -0.113. The first-order valence-electron chi connectivity index (χ1n) is 7.52. The molecule has 2 fully saturated rings. The van der Waals surface area contributed by atoms with Crippen LogP contribution in [-0.2, 0) is 16.4 Å². The quantitative estimate of drug-likeness (QED) is 0.895. The lowest BCUT2D eigenvalue weighted by molar-refractivity contribution is 0.497. The molecule has 21 heavy (non-hydrogen) atoms. The Balaban J connectivity index is 1.68. The minimum Gasteiger partial charge on any atom is -0.312 e. The van der Waals surface area contributed by atoms with Crippen LogP contribution in [-0.4, -0.2) is 36.2 Å². The average Bonchev–Trinajstić information content (AvgIpc) is 2.87. The van der Waals surface area contributed by atoms with Crippen molar-refractivity contribution in [1.29, 1.82) is 0 Å². The zero-order valence-electron chi connectivity index (χ0n) is 12.5. The number of rotatable bonds is 5. The molecule has 2 aliphatic rings. The van der Waals surface area contributed by atoms with Crippen LogP contribution in [0.1, 0.15) is 37.1 Å². The number of aryl methyl sites for hydroxylation is 1. The van der Waals surface area contributed by atoms with E-state index in [0.717, 1.165) is 29.6 Å². The Morgan fingerprint density at radius 1 is 1.48 bits per heavy atom. The molecule has 0 spiro atoms. The summed E-state index contributed by atoms with van der Waals surface area (Å²) in [7, 11) is -2.93. The van der Waals surface area contributed by atoms with Crippen molar-refractivity contribution in [3.8, 4) is 0 Å². The number of hydrogen-bond acceptors (Lipinski definition) is 4. The van der Waals surface area contributed by atoms with Crippen molar-refractivity contribution in [1.82, 2.24) is 15.1 Å². The van der Waals surface area contributed by atoms with Crippen LogP contribution in [0.4, 0.5) is 0 Å². The van der Waals surface area contributed by atoms with Gasteiger partial charge in [0.25, 0.3) is 0 Å². The van der Waals surface area contributed by atoms with E-state index in [1.54, 1.807) is 4.68 Å². The van der Waals surface area contributed by atoms with Crippen molar-refractivity contribution < 1.29 is 8.42 Å². The number of nitrogens with one attached hydrogen (secondary N) is 1. The van der Waals surface area contributed by atoms with Gasteiger partial charge >= 0.3 is 0 Å². The second kappa shape index (κ2) is 5.56. The van der Waals surface area contributed by atoms with E-state index in [-0.39, 0.29) is 17.5 Å². The number of nitrogens with zero attached hydrogens (tertiary/aromatic N) is 2. The van der Waals surface area contributed by atoms with E-state index in [9.17, 15) is 8.42 Å². The minimum atomic E-state index is -2.93. The molecule has 0 amide bonds. The first-order valence-corrected chi connectivity index (χ1v) is 9.72. The molecule has 1 saturated carbocycles. The average molecular weight is 332 g/mol. The third kappa shape index (κ3) is 3.27. The van der Waals surface area contributed by atoms with E-state index in [0.29, 0.717) is 18.1 Å². The van der Waals surface area contributed by atoms with Crippen LogP contribution < -0.4 is 5.32 Å². The third-order valence-electron chi connectivity index (χ3n) is 4.68. The lowest BCUT2D eigenvalue weighted by atomic mass is 10.2. The molecule has 118 valence electrons. The fourth-order valence-electron chi connectivity index (χ4n) is 3.03. The van der Waals surface area contributed by atoms with Gasteiger partial charge < -0.3 is 5.32 Å². The molecule has 1 aliphatic carbocycles. The number of sulfone groups is 1. The van der Waals surface area contributed by atoms with Gasteiger partial charge in [-0.15, -0.1) is 0 Å². The lowest BCUT2D eigenvalue weighted by Gasteiger charge is -2.10. The number of hydrogen-bond donors (Lipinski definition) is 1. The van der Waals surface area contributed by atoms with E-state index in [2.05, 4.69) is 17.3 Å². The Bertz CT molecular complexity index is 641. The highest BCUT2D eigenvalue weighted by Gasteiger charge is 2.33. The minimum absolute atomic E-state index is 0.113. The number of halogens is 1. The molecule has 0 aromatic carbocycles. The predicted molar refractivity (Wildman–Crippen MR) is 83.3 cm³/mol. The van der Waals surface area contributed by atoms with E-state index >= 15 is 0 Å². The molecule has 2 heterocycles. The molecule has 3 rings (SSSR count). The Hall–Kier alpha value is -0.590. The maximum absolute atomic E-state index is 11.6. The van der Waals surface area contributed by atoms with E-state index in [4.69, 9.17) is 11.6 Å². The highest BCUT2D eigenvalue weighted by Crippen LogP contribution is 2.37. The van der Waals surface area contributed by atoms with Gasteiger partial charge in [0.15, 0.2) is 9.84 Å². The normalized spacial score (nSPS) is 30.7. The van der Waals surface area contributed by atoms with Gasteiger partial charge in [-0.2, -0.15) is 5.10 Å². The lowest BCUT2D eigenvalue weighted by Crippen LogP contribution is -2.17. The zero-order chi connectivity index (χ0) is 15.2. The standard InChI is InChI=1S/C14H22ClN3O2S/c1-9-5-11(9)6-16-7-13-10(2)17-18(14(13)15)12-3-4-21(19,20)8-12/h9,11-12,16H,3-8H2,1-2H3. The summed E-state index contributed by atoms with van der Waals surface area (Å²) < 4.78 is 24.9. The van der Waals surface area contributed by atoms with Gasteiger partial charge in [0.05, 0.1) is 23.2 Å². The molecule has 5 nitrogen and oxygen atoms in total. The molecular weight excluding hydrogens is 310 g/mol. The zero-order valence-corrected chi connectivity index (χ0v) is 14.0. The maximum atomic E-state index is 11.6. The highest BCUT2D eigenvalue weighted by atomic mass is 35.5. The second-order valence-corrected chi connectivity index (χ2v) is 9.05. The van der Waals surface area contributed by atoms with Crippen molar-refractivity contribution in [3.63, 3.8) is 0 Å². The summed E-state index contributed by atoms with van der Waals surface area (Å²) in [4.78, 5) is 0. The molecule has 3 unspecified atom stereocenters. The smallest absolute Gasteiger partial charge is 0.152 e. The van der Waals surface area contributed by atoms with Crippen molar-refractivity contribution in [2.24, 2.45) is 11.8 Å². The van der Waals surface area contributed by atoms with Crippen LogP contribution in [0.15, 0.2) is 0 Å². The number of aromatic nitrogens is 2. The fraction of sp³-hybridized carbons (Fsp3) is 0.786. The van der Waals surface area contributed by atoms with Crippen molar-refractivity contribution >= 4 is 21.4 Å². The van der Waals surface area contributed by atoms with Gasteiger partial charge in [-0.25, -0.2) is 13.1 Å². The van der Waals surface area contributed by atoms with Crippen LogP contribution >= 0.6 is 11.6 Å². The molecule has 1 aromatic rings. The summed E-state index contributed by atoms with van der Waals surface area (Å²) in [5.41, 5.74) is 1.88. The molecule has 1 N–H and O–H groups in total. The summed E-state index contributed by atoms with van der Waals surface area (Å²) in [6.07, 6.45) is 1.91. The van der Waals surface area contributed by atoms with Gasteiger partial charge in [0, 0.05) is 12.1 Å². The Morgan fingerprint density at radius 2 is 2.19 bits per heavy atom. The second-order valence-electron chi connectivity index (χ2n) is 6.46. The van der Waals surface area contributed by atoms with E-state index < -0.39 is 9.84 Å². The maximum Gasteiger partial charge on any atom is 0.152 e. The Morgan fingerprint density at radius 3 is 2.76 bits per heavy atom. The molecule has 7 heteroatoms. The molecule has 0 radical (unpaired) electrons. The SMILES string of the molecule is Cc1nn(C2CCS(=O)(=O)C2)c(Cl)c1CNCC1CC1C. The summed E-state index contributed by atoms with van der Waals surface area (Å²) in [5.74, 6) is 2.01. The Kier molecular flexibility index (Phi) is 4.05. The first-order chi connectivity index (χ1) is 9.87. The van der Waals surface area contributed by atoms with E-state index in [1.165, 1.54) is 6.42 Å². The topological polar surface area (TPSA) is 64.0 Å². The van der Waals surface area contributed by atoms with Gasteiger partial charge in [0.2, 0.25) is 0 Å². The van der Waals surface area contributed by atoms with Gasteiger partial charge in [-0.1, -0.05) is 18.5 Å². The molecule has 0 bridgehead atoms. The molecule has 1 aromatic heterocycles. The van der Waals surface area contributed by atoms with E-state index in [1.807, 2.05) is 6.92 Å². The van der Waals surface area contributed by atoms with Crippen LogP contribution in [0.3, 0.4) is 0 Å². The summed E-state index contributed by atoms with van der Waals surface area (Å²) in [5, 5.41) is 8.50. The van der Waals surface area contributed by atoms with Crippen molar-refractivity contribution in [3.05, 3.63) is 16.4 Å². The summed E-state index contributed by atoms with van der Waals surface area (Å²) >= 11 is 6.43. The fourth-order valence-corrected chi connectivity index (χ4v) is 5.10. The summed E-state index contributed by atoms with van der Waals surface area (Å²) in [6.45, 7) is 5.92. The van der Waals surface area contributed by atoms with Crippen LogP contribution in [0.5, 0.6) is 0 Å². The largest absolute Gasteiger partial charge is 0.312 e. The molecule has 1 saturated heterocycles. The molecule has 1 aliphatic heterocycles. The van der Waals surface area contributed by atoms with Gasteiger partial charge in [-0.05, 0) is 38.1 Å². The van der Waals surface area contributed by atoms with Gasteiger partial charge in [-0.3, -0.25) is 0 Å². The van der Waals surface area contributed by atoms with Gasteiger partial charge in [0.1, 0.15) is 5.15 Å². The monoisotopic (exact) mass is 331 g/mol. The highest BCUT2D eigenvalue weighted by molar-refractivity contribution is 7.91. The van der Waals surface area contributed by atoms with Crippen LogP contribution in [0.2, 0.25) is 5.15 Å². The van der Waals surface area contributed by atoms with Crippen LogP contribution in [0, 0.1) is 18.8 Å². The molecule has 3 atom stereocenters.